The molecule has 6 atom stereocenters. The second-order valence-electron chi connectivity index (χ2n) is 27.0. The molecule has 460 valence electrons. The summed E-state index contributed by atoms with van der Waals surface area (Å²) in [5.41, 5.74) is -2.65. The number of ketones is 6. The van der Waals surface area contributed by atoms with Gasteiger partial charge in [-0.15, -0.1) is 0 Å². The fourth-order valence-corrected chi connectivity index (χ4v) is 15.2. The van der Waals surface area contributed by atoms with E-state index in [4.69, 9.17) is 28.4 Å². The van der Waals surface area contributed by atoms with Crippen LogP contribution >= 0.6 is 0 Å². The number of allylic oxidation sites excluding steroid dienone is 8. The summed E-state index contributed by atoms with van der Waals surface area (Å²) in [6.07, 6.45) is 65.6. The van der Waals surface area contributed by atoms with Gasteiger partial charge in [0.15, 0.2) is 46.3 Å². The molecule has 0 aromatic rings. The van der Waals surface area contributed by atoms with Crippen molar-refractivity contribution < 1.29 is 57.2 Å². The van der Waals surface area contributed by atoms with E-state index in [1.165, 1.54) is 116 Å². The van der Waals surface area contributed by atoms with Crippen molar-refractivity contribution in [2.75, 3.05) is 0 Å². The summed E-state index contributed by atoms with van der Waals surface area (Å²) in [5, 5.41) is 0. The standard InChI is InChI=1S/2C36H50O6/c2*1-2-3-4-5-6-7-8-9-10-11-12-13-32(39)26-29-27-35(24-22-33(40-35)18-14-30(37)15-19-33)42-36(28-29)25-23-34(41-36)20-16-31(38)17-21-34/h2*14-21,29H,2-13,22-28H2,1H3/t2*29?,35-,36?/m00/s1. The molecule has 0 N–H and O–H groups in total. The number of ether oxygens (including phenoxy) is 6. The highest BCUT2D eigenvalue weighted by molar-refractivity contribution is 6.02. The van der Waals surface area contributed by atoms with E-state index in [0.29, 0.717) is 114 Å². The van der Waals surface area contributed by atoms with Crippen molar-refractivity contribution in [1.82, 2.24) is 0 Å². The van der Waals surface area contributed by atoms with E-state index in [-0.39, 0.29) is 35.0 Å². The smallest absolute Gasteiger partial charge is 0.178 e. The third-order valence-electron chi connectivity index (χ3n) is 19.6. The number of unbranched alkanes of at least 4 members (excludes halogenated alkanes) is 20. The lowest BCUT2D eigenvalue weighted by Crippen LogP contribution is -2.53. The molecule has 12 heteroatoms. The lowest BCUT2D eigenvalue weighted by atomic mass is 9.81. The van der Waals surface area contributed by atoms with Crippen molar-refractivity contribution >= 4 is 34.7 Å². The highest BCUT2D eigenvalue weighted by Crippen LogP contribution is 2.59. The van der Waals surface area contributed by atoms with Gasteiger partial charge in [0.1, 0.15) is 34.0 Å². The number of carbonyl (C=O) groups is 6. The monoisotopic (exact) mass is 1160 g/mol. The Hall–Kier alpha value is -4.30. The zero-order valence-electron chi connectivity index (χ0n) is 51.2. The molecule has 8 spiro atoms. The molecule has 84 heavy (non-hydrogen) atoms. The molecule has 6 aliphatic heterocycles. The van der Waals surface area contributed by atoms with Crippen LogP contribution in [0.1, 0.15) is 258 Å². The van der Waals surface area contributed by atoms with Crippen LogP contribution in [0.25, 0.3) is 0 Å². The lowest BCUT2D eigenvalue weighted by molar-refractivity contribution is -0.383. The maximum Gasteiger partial charge on any atom is 0.178 e. The number of hydrogen-bond acceptors (Lipinski definition) is 12. The first-order valence-electron chi connectivity index (χ1n) is 33.5. The Kier molecular flexibility index (Phi) is 22.3. The van der Waals surface area contributed by atoms with Crippen LogP contribution in [-0.4, -0.2) is 80.3 Å². The van der Waals surface area contributed by atoms with Gasteiger partial charge in [-0.2, -0.15) is 0 Å². The summed E-state index contributed by atoms with van der Waals surface area (Å²) in [5.74, 6) is -2.86. The number of hydrogen-bond donors (Lipinski definition) is 0. The molecule has 6 saturated heterocycles. The average Bonchev–Trinajstić information content (AvgIpc) is 2.44. The molecule has 6 heterocycles. The minimum atomic E-state index is -0.877. The fraction of sp³-hybridized carbons (Fsp3) is 0.694. The fourth-order valence-electron chi connectivity index (χ4n) is 15.2. The maximum atomic E-state index is 13.2. The van der Waals surface area contributed by atoms with Crippen LogP contribution in [0.15, 0.2) is 97.2 Å². The maximum absolute atomic E-state index is 13.2. The van der Waals surface area contributed by atoms with Crippen LogP contribution < -0.4 is 0 Å². The molecule has 10 rings (SSSR count). The predicted molar refractivity (Wildman–Crippen MR) is 325 cm³/mol. The second kappa shape index (κ2) is 29.1. The average molecular weight is 1160 g/mol. The Balaban J connectivity index is 0.000000202. The Labute approximate surface area is 502 Å². The number of rotatable bonds is 28. The van der Waals surface area contributed by atoms with Crippen molar-refractivity contribution in [3.63, 3.8) is 0 Å². The molecule has 0 bridgehead atoms. The van der Waals surface area contributed by atoms with E-state index in [9.17, 15) is 28.8 Å². The van der Waals surface area contributed by atoms with Gasteiger partial charge < -0.3 is 28.4 Å². The van der Waals surface area contributed by atoms with Gasteiger partial charge in [-0.3, -0.25) is 28.8 Å². The summed E-state index contributed by atoms with van der Waals surface area (Å²) in [4.78, 5) is 73.6. The third kappa shape index (κ3) is 17.5. The SMILES string of the molecule is CCCCCCCCCCCCCC(=O)CC1CC2(CCC3(C=CC(=O)C=C3)O2)O[C@@]2(CCC3(C=CC(=O)C=C3)O2)C1.CCCCCCCCCCCCCC(=O)CC1CC2(CCC3(C=CC(=O)C=C3)O2)O[C@@]2(CCC3(C=CC(=O)C=C3)O2)C1. The predicted octanol–water partition coefficient (Wildman–Crippen LogP) is 15.9. The van der Waals surface area contributed by atoms with E-state index in [0.717, 1.165) is 25.7 Å². The first-order valence-corrected chi connectivity index (χ1v) is 33.5. The van der Waals surface area contributed by atoms with E-state index in [1.807, 2.05) is 48.6 Å². The Morgan fingerprint density at radius 2 is 0.536 bits per heavy atom. The Morgan fingerprint density at radius 1 is 0.321 bits per heavy atom. The van der Waals surface area contributed by atoms with Gasteiger partial charge in [-0.1, -0.05) is 142 Å². The molecule has 0 aromatic carbocycles. The van der Waals surface area contributed by atoms with Crippen LogP contribution in [0, 0.1) is 11.8 Å². The van der Waals surface area contributed by atoms with Crippen molar-refractivity contribution in [1.29, 1.82) is 0 Å². The molecule has 0 amide bonds. The van der Waals surface area contributed by atoms with Crippen molar-refractivity contribution in [3.8, 4) is 0 Å². The molecule has 4 unspecified atom stereocenters. The highest BCUT2D eigenvalue weighted by atomic mass is 16.8. The van der Waals surface area contributed by atoms with Gasteiger partial charge >= 0.3 is 0 Å². The first kappa shape index (κ1) is 64.2. The van der Waals surface area contributed by atoms with Gasteiger partial charge in [0, 0.05) is 77.0 Å². The Bertz CT molecular complexity index is 2210. The highest BCUT2D eigenvalue weighted by Gasteiger charge is 2.63. The molecule has 0 radical (unpaired) electrons. The second-order valence-corrected chi connectivity index (χ2v) is 27.0. The molecular formula is C72H100O12. The molecule has 6 fully saturated rings. The van der Waals surface area contributed by atoms with E-state index < -0.39 is 45.6 Å². The molecule has 0 aromatic heterocycles. The van der Waals surface area contributed by atoms with Crippen LogP contribution in [-0.2, 0) is 57.2 Å². The molecule has 12 nitrogen and oxygen atoms in total. The van der Waals surface area contributed by atoms with E-state index in [1.54, 1.807) is 48.6 Å². The largest absolute Gasteiger partial charge is 0.335 e. The summed E-state index contributed by atoms with van der Waals surface area (Å²) >= 11 is 0. The molecule has 0 saturated carbocycles. The van der Waals surface area contributed by atoms with Gasteiger partial charge in [-0.25, -0.2) is 0 Å². The molecular weight excluding hydrogens is 1060 g/mol. The van der Waals surface area contributed by atoms with Crippen molar-refractivity contribution in [2.24, 2.45) is 11.8 Å². The Morgan fingerprint density at radius 3 is 0.762 bits per heavy atom. The summed E-state index contributed by atoms with van der Waals surface area (Å²) in [6, 6.07) is 0. The minimum Gasteiger partial charge on any atom is -0.335 e. The van der Waals surface area contributed by atoms with Crippen molar-refractivity contribution in [2.45, 2.75) is 303 Å². The normalized spacial score (nSPS) is 30.5. The summed E-state index contributed by atoms with van der Waals surface area (Å²) in [6.45, 7) is 4.52. The number of Topliss-reactive ketones (excluding diaryl/α,β-unsaturated/α-hetero) is 2. The van der Waals surface area contributed by atoms with E-state index >= 15 is 0 Å². The van der Waals surface area contributed by atoms with Gasteiger partial charge in [-0.05, 0) is 148 Å². The zero-order valence-corrected chi connectivity index (χ0v) is 51.2. The van der Waals surface area contributed by atoms with Gasteiger partial charge in [0.05, 0.1) is 0 Å². The van der Waals surface area contributed by atoms with Crippen LogP contribution in [0.3, 0.4) is 0 Å². The lowest BCUT2D eigenvalue weighted by Gasteiger charge is -2.48. The summed E-state index contributed by atoms with van der Waals surface area (Å²) in [7, 11) is 0. The zero-order chi connectivity index (χ0) is 59.0. The minimum absolute atomic E-state index is 0.0384. The summed E-state index contributed by atoms with van der Waals surface area (Å²) < 4.78 is 40.4. The van der Waals surface area contributed by atoms with Gasteiger partial charge in [0.2, 0.25) is 0 Å². The van der Waals surface area contributed by atoms with E-state index in [2.05, 4.69) is 13.8 Å². The van der Waals surface area contributed by atoms with Crippen LogP contribution in [0.2, 0.25) is 0 Å². The third-order valence-corrected chi connectivity index (χ3v) is 19.6. The van der Waals surface area contributed by atoms with Crippen LogP contribution in [0.5, 0.6) is 0 Å². The van der Waals surface area contributed by atoms with Crippen LogP contribution in [0.4, 0.5) is 0 Å². The topological polar surface area (TPSA) is 158 Å². The van der Waals surface area contributed by atoms with Gasteiger partial charge in [0.25, 0.3) is 0 Å². The number of carbonyl (C=O) groups excluding carboxylic acids is 6. The van der Waals surface area contributed by atoms with Crippen molar-refractivity contribution in [3.05, 3.63) is 97.2 Å². The molecule has 10 aliphatic rings. The quantitative estimate of drug-likeness (QED) is 0.0684. The first-order chi connectivity index (χ1) is 40.5. The molecule has 4 aliphatic carbocycles.